The molecule has 0 radical (unpaired) electrons. The van der Waals surface area contributed by atoms with E-state index in [1.165, 1.54) is 30.5 Å². The van der Waals surface area contributed by atoms with Crippen molar-refractivity contribution in [1.29, 1.82) is 0 Å². The molecule has 3 aliphatic carbocycles. The molecule has 4 aliphatic rings. The molecule has 1 saturated heterocycles. The van der Waals surface area contributed by atoms with Gasteiger partial charge in [0.1, 0.15) is 0 Å². The van der Waals surface area contributed by atoms with Crippen LogP contribution in [0.4, 0.5) is 5.69 Å². The Balaban J connectivity index is 1.39. The quantitative estimate of drug-likeness (QED) is 0.278. The van der Waals surface area contributed by atoms with Crippen molar-refractivity contribution >= 4 is 23.7 Å². The number of nitro groups is 1. The zero-order valence-corrected chi connectivity index (χ0v) is 13.2. The van der Waals surface area contributed by atoms with Crippen LogP contribution in [0.15, 0.2) is 41.5 Å². The molecule has 0 unspecified atom stereocenters. The van der Waals surface area contributed by atoms with Crippen LogP contribution in [0.3, 0.4) is 0 Å². The minimum absolute atomic E-state index is 0.0163. The number of amides is 2. The summed E-state index contributed by atoms with van der Waals surface area (Å²) in [6.45, 7) is 0. The number of nitro benzene ring substituents is 1. The Morgan fingerprint density at radius 3 is 2.12 bits per heavy atom. The number of hydrogen-bond acceptors (Lipinski definition) is 5. The molecule has 5 rings (SSSR count). The van der Waals surface area contributed by atoms with Crippen LogP contribution in [0, 0.1) is 39.2 Å². The fourth-order valence-electron chi connectivity index (χ4n) is 4.98. The SMILES string of the molecule is O=C1[C@@H]2[C@H](C(=O)N1/N=C\c1ccc([N+](=O)[O-])cc1)[C@@H]1C=C[C@H]2C12CC2. The molecule has 25 heavy (non-hydrogen) atoms. The second kappa shape index (κ2) is 4.62. The van der Waals surface area contributed by atoms with E-state index in [1.807, 2.05) is 0 Å². The van der Waals surface area contributed by atoms with Crippen molar-refractivity contribution in [3.05, 3.63) is 52.1 Å². The summed E-state index contributed by atoms with van der Waals surface area (Å²) in [4.78, 5) is 35.7. The Morgan fingerprint density at radius 1 is 1.08 bits per heavy atom. The number of nitrogens with zero attached hydrogens (tertiary/aromatic N) is 3. The topological polar surface area (TPSA) is 92.9 Å². The standard InChI is InChI=1S/C18H15N3O4/c22-16-14-12-5-6-13(18(12)7-8-18)15(14)17(23)20(16)19-9-10-1-3-11(4-2-10)21(24)25/h1-6,9,12-15H,7-8H2/b19-9-/t12-,13+,14+,15-. The van der Waals surface area contributed by atoms with Gasteiger partial charge in [-0.3, -0.25) is 19.7 Å². The molecule has 7 heteroatoms. The molecule has 1 heterocycles. The van der Waals surface area contributed by atoms with Crippen LogP contribution in [0.25, 0.3) is 0 Å². The molecule has 1 aliphatic heterocycles. The summed E-state index contributed by atoms with van der Waals surface area (Å²) in [5.41, 5.74) is 0.759. The predicted octanol–water partition coefficient (Wildman–Crippen LogP) is 2.13. The van der Waals surface area contributed by atoms with Gasteiger partial charge in [-0.1, -0.05) is 12.2 Å². The summed E-state index contributed by atoms with van der Waals surface area (Å²) >= 11 is 0. The van der Waals surface area contributed by atoms with Crippen molar-refractivity contribution in [2.45, 2.75) is 12.8 Å². The second-order valence-electron chi connectivity index (χ2n) is 7.30. The number of hydrazone groups is 1. The molecule has 3 fully saturated rings. The first-order valence-corrected chi connectivity index (χ1v) is 8.37. The largest absolute Gasteiger partial charge is 0.272 e. The molecule has 2 saturated carbocycles. The molecular weight excluding hydrogens is 322 g/mol. The minimum atomic E-state index is -0.480. The summed E-state index contributed by atoms with van der Waals surface area (Å²) < 4.78 is 0. The van der Waals surface area contributed by atoms with Crippen molar-refractivity contribution < 1.29 is 14.5 Å². The van der Waals surface area contributed by atoms with Gasteiger partial charge in [0.15, 0.2) is 0 Å². The number of fused-ring (bicyclic) bond motifs is 3. The maximum atomic E-state index is 12.7. The lowest BCUT2D eigenvalue weighted by Crippen LogP contribution is -2.30. The predicted molar refractivity (Wildman–Crippen MR) is 87.3 cm³/mol. The minimum Gasteiger partial charge on any atom is -0.272 e. The fourth-order valence-corrected chi connectivity index (χ4v) is 4.98. The normalized spacial score (nSPS) is 33.7. The zero-order chi connectivity index (χ0) is 17.3. The van der Waals surface area contributed by atoms with Crippen molar-refractivity contribution in [3.63, 3.8) is 0 Å². The first kappa shape index (κ1) is 14.5. The number of allylic oxidation sites excluding steroid dienone is 2. The Bertz CT molecular complexity index is 835. The lowest BCUT2D eigenvalue weighted by molar-refractivity contribution is -0.384. The molecule has 7 nitrogen and oxygen atoms in total. The Labute approximate surface area is 143 Å². The van der Waals surface area contributed by atoms with E-state index in [2.05, 4.69) is 17.3 Å². The maximum Gasteiger partial charge on any atom is 0.269 e. The average molecular weight is 337 g/mol. The smallest absolute Gasteiger partial charge is 0.269 e. The van der Waals surface area contributed by atoms with Gasteiger partial charge in [0.2, 0.25) is 0 Å². The van der Waals surface area contributed by atoms with Crippen LogP contribution in [0.1, 0.15) is 18.4 Å². The highest BCUT2D eigenvalue weighted by atomic mass is 16.6. The van der Waals surface area contributed by atoms with Gasteiger partial charge >= 0.3 is 0 Å². The van der Waals surface area contributed by atoms with E-state index < -0.39 is 4.92 Å². The summed E-state index contributed by atoms with van der Waals surface area (Å²) in [7, 11) is 0. The van der Waals surface area contributed by atoms with Crippen LogP contribution >= 0.6 is 0 Å². The Morgan fingerprint density at radius 2 is 1.64 bits per heavy atom. The van der Waals surface area contributed by atoms with Crippen molar-refractivity contribution in [1.82, 2.24) is 5.01 Å². The number of non-ortho nitro benzene ring substituents is 1. The molecule has 4 atom stereocenters. The summed E-state index contributed by atoms with van der Waals surface area (Å²) in [6, 6.07) is 5.81. The third-order valence-corrected chi connectivity index (χ3v) is 6.26. The van der Waals surface area contributed by atoms with Crippen LogP contribution in [0.2, 0.25) is 0 Å². The van der Waals surface area contributed by atoms with E-state index in [1.54, 1.807) is 0 Å². The first-order chi connectivity index (χ1) is 12.0. The van der Waals surface area contributed by atoms with E-state index >= 15 is 0 Å². The Hall–Kier alpha value is -2.83. The summed E-state index contributed by atoms with van der Waals surface area (Å²) in [5.74, 6) is -0.595. The molecular formula is C18H15N3O4. The third kappa shape index (κ3) is 1.78. The number of carbonyl (C=O) groups excluding carboxylic acids is 2. The molecule has 0 aromatic heterocycles. The van der Waals surface area contributed by atoms with Crippen LogP contribution in [-0.4, -0.2) is 28.0 Å². The van der Waals surface area contributed by atoms with Crippen LogP contribution in [0.5, 0.6) is 0 Å². The van der Waals surface area contributed by atoms with E-state index in [-0.39, 0.29) is 46.6 Å². The van der Waals surface area contributed by atoms with Gasteiger partial charge in [0.25, 0.3) is 17.5 Å². The average Bonchev–Trinajstić information content (AvgIpc) is 3.20. The number of imide groups is 1. The van der Waals surface area contributed by atoms with Gasteiger partial charge in [-0.15, -0.1) is 0 Å². The zero-order valence-electron chi connectivity index (χ0n) is 13.2. The lowest BCUT2D eigenvalue weighted by Gasteiger charge is -2.18. The molecule has 1 aromatic carbocycles. The monoisotopic (exact) mass is 337 g/mol. The fraction of sp³-hybridized carbons (Fsp3) is 0.389. The Kier molecular flexibility index (Phi) is 2.68. The number of carbonyl (C=O) groups is 2. The molecule has 2 bridgehead atoms. The van der Waals surface area contributed by atoms with E-state index in [4.69, 9.17) is 0 Å². The number of rotatable bonds is 3. The van der Waals surface area contributed by atoms with Crippen LogP contribution < -0.4 is 0 Å². The van der Waals surface area contributed by atoms with E-state index in [9.17, 15) is 19.7 Å². The maximum absolute atomic E-state index is 12.7. The van der Waals surface area contributed by atoms with E-state index in [0.717, 1.165) is 17.9 Å². The number of benzene rings is 1. The first-order valence-electron chi connectivity index (χ1n) is 8.37. The second-order valence-corrected chi connectivity index (χ2v) is 7.30. The number of hydrogen-bond donors (Lipinski definition) is 0. The van der Waals surface area contributed by atoms with Crippen molar-refractivity contribution in [2.24, 2.45) is 34.2 Å². The highest BCUT2D eigenvalue weighted by Crippen LogP contribution is 2.73. The van der Waals surface area contributed by atoms with Gasteiger partial charge in [-0.05, 0) is 47.8 Å². The van der Waals surface area contributed by atoms with Crippen LogP contribution in [-0.2, 0) is 9.59 Å². The van der Waals surface area contributed by atoms with Crippen molar-refractivity contribution in [3.8, 4) is 0 Å². The van der Waals surface area contributed by atoms with Gasteiger partial charge in [-0.25, -0.2) is 0 Å². The lowest BCUT2D eigenvalue weighted by atomic mass is 9.85. The highest BCUT2D eigenvalue weighted by Gasteiger charge is 2.73. The molecule has 1 aromatic rings. The van der Waals surface area contributed by atoms with Gasteiger partial charge in [-0.2, -0.15) is 10.1 Å². The summed E-state index contributed by atoms with van der Waals surface area (Å²) in [6.07, 6.45) is 7.85. The van der Waals surface area contributed by atoms with Gasteiger partial charge < -0.3 is 0 Å². The van der Waals surface area contributed by atoms with Gasteiger partial charge in [0.05, 0.1) is 23.0 Å². The molecule has 0 N–H and O–H groups in total. The van der Waals surface area contributed by atoms with E-state index in [0.29, 0.717) is 5.56 Å². The van der Waals surface area contributed by atoms with Gasteiger partial charge in [0, 0.05) is 12.1 Å². The molecule has 126 valence electrons. The molecule has 1 spiro atoms. The molecule has 2 amide bonds. The summed E-state index contributed by atoms with van der Waals surface area (Å²) in [5, 5.41) is 15.8. The highest BCUT2D eigenvalue weighted by molar-refractivity contribution is 6.07. The third-order valence-electron chi connectivity index (χ3n) is 6.26. The van der Waals surface area contributed by atoms with Crippen molar-refractivity contribution in [2.75, 3.05) is 0 Å².